The van der Waals surface area contributed by atoms with Gasteiger partial charge in [-0.1, -0.05) is 12.1 Å². The van der Waals surface area contributed by atoms with Crippen LogP contribution in [0.5, 0.6) is 0 Å². The number of fused-ring (bicyclic) bond motifs is 1. The van der Waals surface area contributed by atoms with Gasteiger partial charge in [0.15, 0.2) is 0 Å². The summed E-state index contributed by atoms with van der Waals surface area (Å²) < 4.78 is 43.1. The maximum Gasteiger partial charge on any atom is 0.420 e. The van der Waals surface area contributed by atoms with Gasteiger partial charge in [-0.3, -0.25) is 0 Å². The van der Waals surface area contributed by atoms with Crippen molar-refractivity contribution in [3.05, 3.63) is 35.6 Å². The highest BCUT2D eigenvalue weighted by Gasteiger charge is 2.34. The molecule has 5 heteroatoms. The van der Waals surface area contributed by atoms with E-state index < -0.39 is 11.7 Å². The number of para-hydroxylation sites is 1. The first-order valence-electron chi connectivity index (χ1n) is 5.21. The molecule has 0 spiro atoms. The van der Waals surface area contributed by atoms with Crippen molar-refractivity contribution in [2.24, 2.45) is 5.73 Å². The number of rotatable bonds is 2. The molecule has 1 atom stereocenters. The highest BCUT2D eigenvalue weighted by molar-refractivity contribution is 5.84. The largest absolute Gasteiger partial charge is 0.463 e. The van der Waals surface area contributed by atoms with Crippen LogP contribution in [0.1, 0.15) is 18.1 Å². The Labute approximate surface area is 96.2 Å². The lowest BCUT2D eigenvalue weighted by Crippen LogP contribution is -2.17. The van der Waals surface area contributed by atoms with Gasteiger partial charge in [-0.15, -0.1) is 0 Å². The second kappa shape index (κ2) is 4.07. The molecule has 1 unspecified atom stereocenters. The molecular formula is C12H12F3NO. The van der Waals surface area contributed by atoms with Gasteiger partial charge in [0.25, 0.3) is 0 Å². The third kappa shape index (κ3) is 2.29. The minimum Gasteiger partial charge on any atom is -0.463 e. The zero-order valence-corrected chi connectivity index (χ0v) is 9.21. The number of nitrogens with two attached hydrogens (primary N) is 1. The lowest BCUT2D eigenvalue weighted by molar-refractivity contribution is -0.136. The molecule has 1 aromatic heterocycles. The van der Waals surface area contributed by atoms with Crippen molar-refractivity contribution in [1.29, 1.82) is 0 Å². The highest BCUT2D eigenvalue weighted by atomic mass is 19.4. The minimum atomic E-state index is -4.40. The Morgan fingerprint density at radius 3 is 2.65 bits per heavy atom. The number of furan rings is 1. The third-order valence-electron chi connectivity index (χ3n) is 2.53. The van der Waals surface area contributed by atoms with Gasteiger partial charge in [0.2, 0.25) is 0 Å². The summed E-state index contributed by atoms with van der Waals surface area (Å²) in [6, 6.07) is 3.89. The predicted octanol–water partition coefficient (Wildman–Crippen LogP) is 3.34. The van der Waals surface area contributed by atoms with Gasteiger partial charge in [-0.2, -0.15) is 13.2 Å². The SMILES string of the molecule is CC(N)Cc1coc2c(C(F)(F)F)cccc12. The van der Waals surface area contributed by atoms with E-state index in [0.29, 0.717) is 17.4 Å². The van der Waals surface area contributed by atoms with E-state index in [0.717, 1.165) is 6.07 Å². The van der Waals surface area contributed by atoms with Crippen LogP contribution >= 0.6 is 0 Å². The van der Waals surface area contributed by atoms with E-state index in [2.05, 4.69) is 0 Å². The van der Waals surface area contributed by atoms with Crippen molar-refractivity contribution in [3.63, 3.8) is 0 Å². The van der Waals surface area contributed by atoms with Crippen LogP contribution in [0.4, 0.5) is 13.2 Å². The van der Waals surface area contributed by atoms with Crippen LogP contribution in [0.3, 0.4) is 0 Å². The molecule has 2 rings (SSSR count). The van der Waals surface area contributed by atoms with Crippen LogP contribution in [-0.4, -0.2) is 6.04 Å². The molecule has 17 heavy (non-hydrogen) atoms. The van der Waals surface area contributed by atoms with Gasteiger partial charge < -0.3 is 10.2 Å². The molecule has 1 heterocycles. The van der Waals surface area contributed by atoms with Crippen molar-refractivity contribution in [1.82, 2.24) is 0 Å². The van der Waals surface area contributed by atoms with Crippen LogP contribution in [0, 0.1) is 0 Å². The Morgan fingerprint density at radius 1 is 1.35 bits per heavy atom. The Balaban J connectivity index is 2.57. The van der Waals surface area contributed by atoms with Crippen molar-refractivity contribution in [3.8, 4) is 0 Å². The molecule has 0 saturated carbocycles. The van der Waals surface area contributed by atoms with Crippen LogP contribution in [0.2, 0.25) is 0 Å². The normalized spacial score (nSPS) is 14.2. The summed E-state index contributed by atoms with van der Waals surface area (Å²) in [5.74, 6) is 0. The lowest BCUT2D eigenvalue weighted by Gasteiger charge is -2.07. The molecular weight excluding hydrogens is 231 g/mol. The maximum absolute atomic E-state index is 12.7. The highest BCUT2D eigenvalue weighted by Crippen LogP contribution is 2.36. The Kier molecular flexibility index (Phi) is 2.87. The first-order valence-corrected chi connectivity index (χ1v) is 5.21. The second-order valence-corrected chi connectivity index (χ2v) is 4.12. The molecule has 2 N–H and O–H groups in total. The molecule has 2 nitrogen and oxygen atoms in total. The zero-order chi connectivity index (χ0) is 12.6. The Morgan fingerprint density at radius 2 is 2.06 bits per heavy atom. The number of halogens is 3. The average Bonchev–Trinajstić information content (AvgIpc) is 2.59. The molecule has 0 saturated heterocycles. The van der Waals surface area contributed by atoms with E-state index in [1.165, 1.54) is 12.3 Å². The topological polar surface area (TPSA) is 39.2 Å². The third-order valence-corrected chi connectivity index (χ3v) is 2.53. The van der Waals surface area contributed by atoms with E-state index in [1.807, 2.05) is 0 Å². The maximum atomic E-state index is 12.7. The lowest BCUT2D eigenvalue weighted by atomic mass is 10.0. The Bertz CT molecular complexity index is 528. The number of hydrogen-bond donors (Lipinski definition) is 1. The van der Waals surface area contributed by atoms with Crippen molar-refractivity contribution in [2.75, 3.05) is 0 Å². The van der Waals surface area contributed by atoms with E-state index in [4.69, 9.17) is 10.2 Å². The first-order chi connectivity index (χ1) is 7.89. The zero-order valence-electron chi connectivity index (χ0n) is 9.21. The van der Waals surface area contributed by atoms with E-state index >= 15 is 0 Å². The van der Waals surface area contributed by atoms with Crippen molar-refractivity contribution < 1.29 is 17.6 Å². The molecule has 0 aliphatic carbocycles. The second-order valence-electron chi connectivity index (χ2n) is 4.12. The quantitative estimate of drug-likeness (QED) is 0.878. The summed E-state index contributed by atoms with van der Waals surface area (Å²) in [6.45, 7) is 1.80. The summed E-state index contributed by atoms with van der Waals surface area (Å²) >= 11 is 0. The fraction of sp³-hybridized carbons (Fsp3) is 0.333. The smallest absolute Gasteiger partial charge is 0.420 e. The molecule has 0 aliphatic heterocycles. The number of benzene rings is 1. The van der Waals surface area contributed by atoms with Crippen LogP contribution in [0.25, 0.3) is 11.0 Å². The average molecular weight is 243 g/mol. The van der Waals surface area contributed by atoms with Gasteiger partial charge in [-0.05, 0) is 25.0 Å². The minimum absolute atomic E-state index is 0.115. The number of alkyl halides is 3. The monoisotopic (exact) mass is 243 g/mol. The standard InChI is InChI=1S/C12H12F3NO/c1-7(16)5-8-6-17-11-9(8)3-2-4-10(11)12(13,14)15/h2-4,6-7H,5,16H2,1H3. The molecule has 0 aliphatic rings. The Hall–Kier alpha value is -1.49. The fourth-order valence-electron chi connectivity index (χ4n) is 1.84. The summed E-state index contributed by atoms with van der Waals surface area (Å²) in [5, 5.41) is 0.483. The van der Waals surface area contributed by atoms with Crippen LogP contribution in [-0.2, 0) is 12.6 Å². The molecule has 1 aromatic carbocycles. The van der Waals surface area contributed by atoms with Crippen LogP contribution < -0.4 is 5.73 Å². The summed E-state index contributed by atoms with van der Waals surface area (Å²) in [5.41, 5.74) is 5.48. The fourth-order valence-corrected chi connectivity index (χ4v) is 1.84. The van der Waals surface area contributed by atoms with Crippen molar-refractivity contribution in [2.45, 2.75) is 25.6 Å². The summed E-state index contributed by atoms with van der Waals surface area (Å²) in [7, 11) is 0. The molecule has 0 radical (unpaired) electrons. The van der Waals surface area contributed by atoms with E-state index in [1.54, 1.807) is 13.0 Å². The van der Waals surface area contributed by atoms with Crippen LogP contribution in [0.15, 0.2) is 28.9 Å². The van der Waals surface area contributed by atoms with Gasteiger partial charge >= 0.3 is 6.18 Å². The molecule has 0 fully saturated rings. The van der Waals surface area contributed by atoms with E-state index in [-0.39, 0.29) is 11.6 Å². The summed E-state index contributed by atoms with van der Waals surface area (Å²) in [4.78, 5) is 0. The molecule has 0 bridgehead atoms. The van der Waals surface area contributed by atoms with Gasteiger partial charge in [0, 0.05) is 11.4 Å². The van der Waals surface area contributed by atoms with Gasteiger partial charge in [-0.25, -0.2) is 0 Å². The summed E-state index contributed by atoms with van der Waals surface area (Å²) in [6.07, 6.45) is -2.56. The molecule has 2 aromatic rings. The van der Waals surface area contributed by atoms with Gasteiger partial charge in [0.1, 0.15) is 5.58 Å². The van der Waals surface area contributed by atoms with Gasteiger partial charge in [0.05, 0.1) is 11.8 Å². The number of hydrogen-bond acceptors (Lipinski definition) is 2. The molecule has 0 amide bonds. The first kappa shape index (κ1) is 12.0. The molecule has 92 valence electrons. The van der Waals surface area contributed by atoms with Crippen molar-refractivity contribution >= 4 is 11.0 Å². The van der Waals surface area contributed by atoms with E-state index in [9.17, 15) is 13.2 Å². The predicted molar refractivity (Wildman–Crippen MR) is 58.6 cm³/mol.